The van der Waals surface area contributed by atoms with Gasteiger partial charge in [0.2, 0.25) is 5.91 Å². The third kappa shape index (κ3) is 4.16. The van der Waals surface area contributed by atoms with Gasteiger partial charge in [0.25, 0.3) is 0 Å². The fourth-order valence-corrected chi connectivity index (χ4v) is 1.82. The maximum atomic E-state index is 11.0. The average molecular weight is 222 g/mol. The van der Waals surface area contributed by atoms with E-state index in [2.05, 4.69) is 16.9 Å². The number of carbonyl (C=O) groups excluding carboxylic acids is 1. The van der Waals surface area contributed by atoms with E-state index in [1.165, 1.54) is 0 Å². The Labute approximate surface area is 94.0 Å². The first-order valence-electron chi connectivity index (χ1n) is 4.62. The number of pyridine rings is 1. The second-order valence-corrected chi connectivity index (χ2v) is 3.94. The van der Waals surface area contributed by atoms with Gasteiger partial charge in [-0.15, -0.1) is 11.8 Å². The predicted octanol–water partition coefficient (Wildman–Crippen LogP) is 1.70. The molecule has 0 aliphatic heterocycles. The number of rotatable bonds is 5. The van der Waals surface area contributed by atoms with E-state index >= 15 is 0 Å². The van der Waals surface area contributed by atoms with Crippen molar-refractivity contribution < 1.29 is 4.79 Å². The van der Waals surface area contributed by atoms with Crippen LogP contribution in [0.2, 0.25) is 0 Å². The van der Waals surface area contributed by atoms with Gasteiger partial charge in [0.15, 0.2) is 0 Å². The predicted molar refractivity (Wildman–Crippen MR) is 64.6 cm³/mol. The molecule has 3 nitrogen and oxygen atoms in total. The minimum atomic E-state index is 0.0416. The lowest BCUT2D eigenvalue weighted by Gasteiger charge is -2.01. The summed E-state index contributed by atoms with van der Waals surface area (Å²) in [5.74, 6) is 1.26. The summed E-state index contributed by atoms with van der Waals surface area (Å²) in [4.78, 5) is 15.2. The van der Waals surface area contributed by atoms with Crippen LogP contribution in [-0.2, 0) is 10.5 Å². The quantitative estimate of drug-likeness (QED) is 0.824. The van der Waals surface area contributed by atoms with E-state index in [1.807, 2.05) is 12.1 Å². The van der Waals surface area contributed by atoms with Crippen LogP contribution in [-0.4, -0.2) is 23.7 Å². The fraction of sp³-hybridized carbons (Fsp3) is 0.273. The molecule has 1 heterocycles. The first-order chi connectivity index (χ1) is 7.26. The van der Waals surface area contributed by atoms with E-state index < -0.39 is 0 Å². The first kappa shape index (κ1) is 11.8. The summed E-state index contributed by atoms with van der Waals surface area (Å²) in [5.41, 5.74) is 2.03. The van der Waals surface area contributed by atoms with Gasteiger partial charge in [-0.3, -0.25) is 9.78 Å². The number of thioether (sulfide) groups is 1. The monoisotopic (exact) mass is 222 g/mol. The largest absolute Gasteiger partial charge is 0.358 e. The molecule has 0 aliphatic carbocycles. The highest BCUT2D eigenvalue weighted by atomic mass is 32.2. The number of nitrogens with one attached hydrogen (secondary N) is 1. The lowest BCUT2D eigenvalue weighted by atomic mass is 10.2. The molecule has 1 amide bonds. The van der Waals surface area contributed by atoms with E-state index in [9.17, 15) is 4.79 Å². The Bertz CT molecular complexity index is 352. The summed E-state index contributed by atoms with van der Waals surface area (Å²) >= 11 is 1.55. The van der Waals surface area contributed by atoms with Crippen LogP contribution in [0.3, 0.4) is 0 Å². The van der Waals surface area contributed by atoms with Crippen molar-refractivity contribution in [3.63, 3.8) is 0 Å². The topological polar surface area (TPSA) is 42.0 Å². The molecule has 0 fully saturated rings. The average Bonchev–Trinajstić information content (AvgIpc) is 2.29. The lowest BCUT2D eigenvalue weighted by Crippen LogP contribution is -2.19. The highest BCUT2D eigenvalue weighted by molar-refractivity contribution is 7.99. The molecule has 0 aromatic carbocycles. The molecule has 0 unspecified atom stereocenters. The Kier molecular flexibility index (Phi) is 4.90. The molecule has 1 N–H and O–H groups in total. The van der Waals surface area contributed by atoms with Gasteiger partial charge in [0.1, 0.15) is 0 Å². The van der Waals surface area contributed by atoms with E-state index in [1.54, 1.807) is 31.1 Å². The summed E-state index contributed by atoms with van der Waals surface area (Å²) in [6.45, 7) is 3.70. The van der Waals surface area contributed by atoms with Crippen LogP contribution in [0.15, 0.2) is 24.9 Å². The van der Waals surface area contributed by atoms with Gasteiger partial charge in [-0.2, -0.15) is 0 Å². The van der Waals surface area contributed by atoms with Gasteiger partial charge in [0.05, 0.1) is 11.4 Å². The minimum Gasteiger partial charge on any atom is -0.358 e. The van der Waals surface area contributed by atoms with E-state index in [0.717, 1.165) is 17.0 Å². The summed E-state index contributed by atoms with van der Waals surface area (Å²) in [5, 5.41) is 2.58. The van der Waals surface area contributed by atoms with Crippen LogP contribution in [0.5, 0.6) is 0 Å². The molecule has 4 heteroatoms. The molecule has 1 aromatic rings. The van der Waals surface area contributed by atoms with E-state index in [4.69, 9.17) is 0 Å². The van der Waals surface area contributed by atoms with Crippen LogP contribution in [0.1, 0.15) is 11.3 Å². The Morgan fingerprint density at radius 3 is 3.20 bits per heavy atom. The molecule has 0 saturated heterocycles. The highest BCUT2D eigenvalue weighted by Gasteiger charge is 2.00. The Morgan fingerprint density at radius 1 is 1.73 bits per heavy atom. The van der Waals surface area contributed by atoms with Gasteiger partial charge < -0.3 is 5.32 Å². The van der Waals surface area contributed by atoms with Gasteiger partial charge in [-0.25, -0.2) is 0 Å². The zero-order valence-corrected chi connectivity index (χ0v) is 9.51. The van der Waals surface area contributed by atoms with Crippen LogP contribution in [0.25, 0.3) is 6.08 Å². The minimum absolute atomic E-state index is 0.0416. The van der Waals surface area contributed by atoms with Crippen molar-refractivity contribution in [2.24, 2.45) is 0 Å². The molecule has 0 aliphatic rings. The summed E-state index contributed by atoms with van der Waals surface area (Å²) < 4.78 is 0. The summed E-state index contributed by atoms with van der Waals surface area (Å²) in [6, 6.07) is 3.88. The summed E-state index contributed by atoms with van der Waals surface area (Å²) in [7, 11) is 1.64. The standard InChI is InChI=1S/C11H14N2OS/c1-3-9-4-5-13-10(6-9)7-15-8-11(14)12-2/h3-6H,1,7-8H2,2H3,(H,12,14). The molecule has 0 atom stereocenters. The van der Waals surface area contributed by atoms with Crippen LogP contribution in [0, 0.1) is 0 Å². The Hall–Kier alpha value is -1.29. The van der Waals surface area contributed by atoms with Crippen LogP contribution in [0.4, 0.5) is 0 Å². The third-order valence-corrected chi connectivity index (χ3v) is 2.80. The first-order valence-corrected chi connectivity index (χ1v) is 5.77. The molecular formula is C11H14N2OS. The van der Waals surface area contributed by atoms with Gasteiger partial charge >= 0.3 is 0 Å². The molecule has 0 spiro atoms. The zero-order valence-electron chi connectivity index (χ0n) is 8.69. The van der Waals surface area contributed by atoms with Crippen molar-refractivity contribution >= 4 is 23.7 Å². The van der Waals surface area contributed by atoms with Crippen molar-refractivity contribution in [3.05, 3.63) is 36.2 Å². The van der Waals surface area contributed by atoms with Crippen molar-refractivity contribution in [2.75, 3.05) is 12.8 Å². The smallest absolute Gasteiger partial charge is 0.229 e. The molecule has 15 heavy (non-hydrogen) atoms. The molecular weight excluding hydrogens is 208 g/mol. The zero-order chi connectivity index (χ0) is 11.1. The molecule has 1 rings (SSSR count). The lowest BCUT2D eigenvalue weighted by molar-refractivity contribution is -0.118. The summed E-state index contributed by atoms with van der Waals surface area (Å²) in [6.07, 6.45) is 3.54. The van der Waals surface area contributed by atoms with Crippen molar-refractivity contribution in [3.8, 4) is 0 Å². The number of aromatic nitrogens is 1. The second-order valence-electron chi connectivity index (χ2n) is 2.95. The normalized spacial score (nSPS) is 9.67. The van der Waals surface area contributed by atoms with Crippen LogP contribution < -0.4 is 5.32 Å². The highest BCUT2D eigenvalue weighted by Crippen LogP contribution is 2.11. The molecule has 1 aromatic heterocycles. The Morgan fingerprint density at radius 2 is 2.53 bits per heavy atom. The molecule has 0 radical (unpaired) electrons. The van der Waals surface area contributed by atoms with Crippen molar-refractivity contribution in [1.82, 2.24) is 10.3 Å². The number of hydrogen-bond acceptors (Lipinski definition) is 3. The third-order valence-electron chi connectivity index (χ3n) is 1.84. The maximum absolute atomic E-state index is 11.0. The number of hydrogen-bond donors (Lipinski definition) is 1. The van der Waals surface area contributed by atoms with Crippen molar-refractivity contribution in [1.29, 1.82) is 0 Å². The molecule has 80 valence electrons. The molecule has 0 saturated carbocycles. The maximum Gasteiger partial charge on any atom is 0.229 e. The number of amides is 1. The van der Waals surface area contributed by atoms with Gasteiger partial charge in [0, 0.05) is 19.0 Å². The SMILES string of the molecule is C=Cc1ccnc(CSCC(=O)NC)c1. The second kappa shape index (κ2) is 6.24. The number of carbonyl (C=O) groups is 1. The molecule has 0 bridgehead atoms. The fourth-order valence-electron chi connectivity index (χ4n) is 1.02. The van der Waals surface area contributed by atoms with Crippen LogP contribution >= 0.6 is 11.8 Å². The van der Waals surface area contributed by atoms with Gasteiger partial charge in [-0.1, -0.05) is 12.7 Å². The van der Waals surface area contributed by atoms with Crippen molar-refractivity contribution in [2.45, 2.75) is 5.75 Å². The number of nitrogens with zero attached hydrogens (tertiary/aromatic N) is 1. The van der Waals surface area contributed by atoms with Gasteiger partial charge in [-0.05, 0) is 17.7 Å². The Balaban J connectivity index is 2.43. The van der Waals surface area contributed by atoms with E-state index in [-0.39, 0.29) is 5.91 Å². The van der Waals surface area contributed by atoms with E-state index in [0.29, 0.717) is 5.75 Å².